The van der Waals surface area contributed by atoms with Crippen molar-refractivity contribution in [3.05, 3.63) is 58.4 Å². The van der Waals surface area contributed by atoms with E-state index in [2.05, 4.69) is 36.4 Å². The van der Waals surface area contributed by atoms with Gasteiger partial charge in [-0.2, -0.15) is 5.10 Å². The number of aromatic nitrogens is 2. The van der Waals surface area contributed by atoms with Gasteiger partial charge < -0.3 is 5.32 Å². The van der Waals surface area contributed by atoms with Crippen LogP contribution in [0.2, 0.25) is 5.15 Å². The van der Waals surface area contributed by atoms with E-state index in [0.717, 1.165) is 17.7 Å². The molecular formula is C20H26ClN3O. The number of nitrogens with one attached hydrogen (secondary N) is 1. The summed E-state index contributed by atoms with van der Waals surface area (Å²) in [5, 5.41) is 7.79. The fourth-order valence-electron chi connectivity index (χ4n) is 3.11. The van der Waals surface area contributed by atoms with Gasteiger partial charge in [-0.1, -0.05) is 55.8 Å². The minimum Gasteiger partial charge on any atom is -0.350 e. The molecule has 2 rings (SSSR count). The summed E-state index contributed by atoms with van der Waals surface area (Å²) in [6, 6.07) is 10.4. The number of rotatable bonds is 6. The largest absolute Gasteiger partial charge is 0.350 e. The van der Waals surface area contributed by atoms with Gasteiger partial charge in [-0.15, -0.1) is 0 Å². The van der Waals surface area contributed by atoms with E-state index in [4.69, 9.17) is 11.6 Å². The summed E-state index contributed by atoms with van der Waals surface area (Å²) in [6.07, 6.45) is 4.08. The fraction of sp³-hybridized carbons (Fsp3) is 0.400. The van der Waals surface area contributed by atoms with Gasteiger partial charge in [0, 0.05) is 24.7 Å². The van der Waals surface area contributed by atoms with Gasteiger partial charge in [0.05, 0.1) is 5.69 Å². The third-order valence-electron chi connectivity index (χ3n) is 4.36. The number of nitrogens with zero attached hydrogens (tertiary/aromatic N) is 2. The van der Waals surface area contributed by atoms with Crippen LogP contribution in [0.4, 0.5) is 0 Å². The molecule has 1 heterocycles. The van der Waals surface area contributed by atoms with Crippen LogP contribution in [0, 0.1) is 6.92 Å². The summed E-state index contributed by atoms with van der Waals surface area (Å²) in [6.45, 7) is 8.28. The Morgan fingerprint density at radius 1 is 1.36 bits per heavy atom. The number of carbonyl (C=O) groups is 1. The van der Waals surface area contributed by atoms with Gasteiger partial charge in [0.15, 0.2) is 0 Å². The lowest BCUT2D eigenvalue weighted by molar-refractivity contribution is -0.117. The fourth-order valence-corrected chi connectivity index (χ4v) is 3.35. The van der Waals surface area contributed by atoms with Crippen molar-refractivity contribution in [2.75, 3.05) is 0 Å². The zero-order chi connectivity index (χ0) is 18.6. The molecule has 0 aliphatic heterocycles. The number of amides is 1. The van der Waals surface area contributed by atoms with Crippen molar-refractivity contribution >= 4 is 23.6 Å². The topological polar surface area (TPSA) is 46.9 Å². The van der Waals surface area contributed by atoms with Gasteiger partial charge in [-0.25, -0.2) is 0 Å². The van der Waals surface area contributed by atoms with Crippen LogP contribution in [0.25, 0.3) is 6.08 Å². The lowest BCUT2D eigenvalue weighted by Crippen LogP contribution is -2.36. The normalized spacial score (nSPS) is 13.2. The van der Waals surface area contributed by atoms with E-state index in [-0.39, 0.29) is 17.4 Å². The maximum Gasteiger partial charge on any atom is 0.244 e. The molecule has 0 radical (unpaired) electrons. The summed E-state index contributed by atoms with van der Waals surface area (Å²) in [5.74, 6) is -0.129. The Hall–Kier alpha value is -2.07. The molecule has 25 heavy (non-hydrogen) atoms. The van der Waals surface area contributed by atoms with Crippen molar-refractivity contribution in [1.82, 2.24) is 15.1 Å². The van der Waals surface area contributed by atoms with Crippen LogP contribution in [0.5, 0.6) is 0 Å². The zero-order valence-corrected chi connectivity index (χ0v) is 16.3. The highest BCUT2D eigenvalue weighted by atomic mass is 35.5. The van der Waals surface area contributed by atoms with Crippen molar-refractivity contribution in [3.8, 4) is 0 Å². The number of halogens is 1. The highest BCUT2D eigenvalue weighted by Crippen LogP contribution is 2.28. The van der Waals surface area contributed by atoms with E-state index in [0.29, 0.717) is 5.15 Å². The maximum atomic E-state index is 12.2. The number of benzene rings is 1. The SMILES string of the molecule is Cc1nn(C)c(Cl)c1/C=C/C(=O)NC(C)CC(C)(C)c1ccccc1. The van der Waals surface area contributed by atoms with E-state index >= 15 is 0 Å². The van der Waals surface area contributed by atoms with Crippen molar-refractivity contribution in [3.63, 3.8) is 0 Å². The lowest BCUT2D eigenvalue weighted by Gasteiger charge is -2.29. The quantitative estimate of drug-likeness (QED) is 0.783. The van der Waals surface area contributed by atoms with Crippen molar-refractivity contribution in [1.29, 1.82) is 0 Å². The number of hydrogen-bond donors (Lipinski definition) is 1. The Kier molecular flexibility index (Phi) is 6.07. The smallest absolute Gasteiger partial charge is 0.244 e. The van der Waals surface area contributed by atoms with Crippen LogP contribution in [0.15, 0.2) is 36.4 Å². The minimum atomic E-state index is -0.129. The Balaban J connectivity index is 1.97. The average Bonchev–Trinajstić information content (AvgIpc) is 2.78. The molecule has 2 aromatic rings. The first kappa shape index (κ1) is 19.3. The molecule has 1 N–H and O–H groups in total. The second kappa shape index (κ2) is 7.87. The number of carbonyl (C=O) groups excluding carboxylic acids is 1. The van der Waals surface area contributed by atoms with Gasteiger partial charge in [0.25, 0.3) is 0 Å². The Bertz CT molecular complexity index is 763. The van der Waals surface area contributed by atoms with Gasteiger partial charge in [-0.05, 0) is 37.3 Å². The van der Waals surface area contributed by atoms with Crippen molar-refractivity contribution < 1.29 is 4.79 Å². The van der Waals surface area contributed by atoms with E-state index in [1.165, 1.54) is 11.6 Å². The van der Waals surface area contributed by atoms with Crippen LogP contribution >= 0.6 is 11.6 Å². The molecule has 1 aromatic heterocycles. The number of aryl methyl sites for hydroxylation is 2. The second-order valence-corrected chi connectivity index (χ2v) is 7.47. The first-order valence-corrected chi connectivity index (χ1v) is 8.81. The van der Waals surface area contributed by atoms with Crippen molar-refractivity contribution in [2.24, 2.45) is 7.05 Å². The molecule has 1 aromatic carbocycles. The molecule has 0 saturated heterocycles. The van der Waals surface area contributed by atoms with Gasteiger partial charge >= 0.3 is 0 Å². The second-order valence-electron chi connectivity index (χ2n) is 7.11. The average molecular weight is 360 g/mol. The molecule has 0 saturated carbocycles. The lowest BCUT2D eigenvalue weighted by atomic mass is 9.79. The van der Waals surface area contributed by atoms with Crippen LogP contribution in [0.1, 0.15) is 44.0 Å². The standard InChI is InChI=1S/C20H26ClN3O/c1-14(13-20(3,4)16-9-7-6-8-10-16)22-18(25)12-11-17-15(2)23-24(5)19(17)21/h6-12,14H,13H2,1-5H3,(H,22,25)/b12-11+. The van der Waals surface area contributed by atoms with E-state index in [1.807, 2.05) is 32.0 Å². The van der Waals surface area contributed by atoms with Gasteiger partial charge in [0.1, 0.15) is 5.15 Å². The highest BCUT2D eigenvalue weighted by Gasteiger charge is 2.23. The summed E-state index contributed by atoms with van der Waals surface area (Å²) in [7, 11) is 1.78. The predicted molar refractivity (Wildman–Crippen MR) is 104 cm³/mol. The van der Waals surface area contributed by atoms with E-state index in [9.17, 15) is 4.79 Å². The molecule has 134 valence electrons. The molecule has 0 fully saturated rings. The molecule has 0 spiro atoms. The monoisotopic (exact) mass is 359 g/mol. The minimum absolute atomic E-state index is 0.0130. The third kappa shape index (κ3) is 4.95. The van der Waals surface area contributed by atoms with E-state index < -0.39 is 0 Å². The molecule has 0 aliphatic rings. The van der Waals surface area contributed by atoms with Crippen LogP contribution in [-0.4, -0.2) is 21.7 Å². The van der Waals surface area contributed by atoms with Crippen LogP contribution in [-0.2, 0) is 17.3 Å². The molecule has 1 unspecified atom stereocenters. The first-order chi connectivity index (χ1) is 11.7. The first-order valence-electron chi connectivity index (χ1n) is 8.44. The van der Waals surface area contributed by atoms with Crippen molar-refractivity contribution in [2.45, 2.75) is 45.6 Å². The Labute approximate surface area is 154 Å². The number of hydrogen-bond acceptors (Lipinski definition) is 2. The Morgan fingerprint density at radius 2 is 2.00 bits per heavy atom. The molecule has 0 bridgehead atoms. The maximum absolute atomic E-state index is 12.2. The zero-order valence-electron chi connectivity index (χ0n) is 15.5. The molecule has 1 atom stereocenters. The molecule has 0 aliphatic carbocycles. The summed E-state index contributed by atoms with van der Waals surface area (Å²) in [4.78, 5) is 12.2. The molecule has 4 nitrogen and oxygen atoms in total. The highest BCUT2D eigenvalue weighted by molar-refractivity contribution is 6.31. The molecule has 1 amide bonds. The molecular weight excluding hydrogens is 334 g/mol. The van der Waals surface area contributed by atoms with Gasteiger partial charge in [0.2, 0.25) is 5.91 Å². The predicted octanol–water partition coefficient (Wildman–Crippen LogP) is 4.27. The molecule has 5 heteroatoms. The van der Waals surface area contributed by atoms with Crippen LogP contribution in [0.3, 0.4) is 0 Å². The summed E-state index contributed by atoms with van der Waals surface area (Å²) < 4.78 is 1.60. The third-order valence-corrected chi connectivity index (χ3v) is 4.81. The summed E-state index contributed by atoms with van der Waals surface area (Å²) in [5.41, 5.74) is 2.83. The summed E-state index contributed by atoms with van der Waals surface area (Å²) >= 11 is 6.18. The van der Waals surface area contributed by atoms with E-state index in [1.54, 1.807) is 17.8 Å². The van der Waals surface area contributed by atoms with Gasteiger partial charge in [-0.3, -0.25) is 9.48 Å². The van der Waals surface area contributed by atoms with Crippen LogP contribution < -0.4 is 5.32 Å². The Morgan fingerprint density at radius 3 is 2.56 bits per heavy atom.